The van der Waals surface area contributed by atoms with Crippen LogP contribution in [0.3, 0.4) is 0 Å². The Balaban J connectivity index is 1.57. The summed E-state index contributed by atoms with van der Waals surface area (Å²) >= 11 is 0. The molecular weight excluding hydrogens is 256 g/mol. The van der Waals surface area contributed by atoms with E-state index in [1.54, 1.807) is 12.1 Å². The van der Waals surface area contributed by atoms with Gasteiger partial charge in [-0.25, -0.2) is 0 Å². The van der Waals surface area contributed by atoms with Gasteiger partial charge in [0, 0.05) is 6.54 Å². The van der Waals surface area contributed by atoms with Crippen molar-refractivity contribution in [3.63, 3.8) is 0 Å². The molecule has 3 heterocycles. The summed E-state index contributed by atoms with van der Waals surface area (Å²) in [6.45, 7) is 2.93. The smallest absolute Gasteiger partial charge is 0.272 e. The molecular formula is C14H20N4O2. The standard InChI is InChI=1S/C14H20N4O2/c1-2-7-15-13-6-4-10(17-18-13)14(19)16-11-8-9-3-5-12(11)20-9/h4,6,9,11-12H,2-3,5,7-8H2,1H3,(H,15,18)(H,16,19). The van der Waals surface area contributed by atoms with E-state index < -0.39 is 0 Å². The van der Waals surface area contributed by atoms with Crippen molar-refractivity contribution in [1.82, 2.24) is 15.5 Å². The molecule has 2 bridgehead atoms. The first-order valence-electron chi connectivity index (χ1n) is 7.30. The van der Waals surface area contributed by atoms with E-state index in [-0.39, 0.29) is 18.1 Å². The second-order valence-corrected chi connectivity index (χ2v) is 5.42. The van der Waals surface area contributed by atoms with Crippen LogP contribution in [0.15, 0.2) is 12.1 Å². The summed E-state index contributed by atoms with van der Waals surface area (Å²) in [5.41, 5.74) is 0.356. The highest BCUT2D eigenvalue weighted by atomic mass is 16.5. The second-order valence-electron chi connectivity index (χ2n) is 5.42. The van der Waals surface area contributed by atoms with E-state index in [0.717, 1.165) is 32.2 Å². The minimum absolute atomic E-state index is 0.126. The summed E-state index contributed by atoms with van der Waals surface area (Å²) in [5.74, 6) is 0.535. The van der Waals surface area contributed by atoms with E-state index in [1.807, 2.05) is 0 Å². The molecule has 3 unspecified atom stereocenters. The molecule has 3 rings (SSSR count). The van der Waals surface area contributed by atoms with Crippen molar-refractivity contribution >= 4 is 11.7 Å². The van der Waals surface area contributed by atoms with Gasteiger partial charge in [0.2, 0.25) is 0 Å². The van der Waals surface area contributed by atoms with Crippen LogP contribution < -0.4 is 10.6 Å². The van der Waals surface area contributed by atoms with Gasteiger partial charge < -0.3 is 15.4 Å². The van der Waals surface area contributed by atoms with E-state index >= 15 is 0 Å². The maximum atomic E-state index is 12.1. The van der Waals surface area contributed by atoms with E-state index in [9.17, 15) is 4.79 Å². The number of ether oxygens (including phenoxy) is 1. The van der Waals surface area contributed by atoms with Gasteiger partial charge in [-0.1, -0.05) is 6.92 Å². The highest BCUT2D eigenvalue weighted by Crippen LogP contribution is 2.34. The summed E-state index contributed by atoms with van der Waals surface area (Å²) in [6.07, 6.45) is 4.61. The summed E-state index contributed by atoms with van der Waals surface area (Å²) < 4.78 is 5.72. The lowest BCUT2D eigenvalue weighted by atomic mass is 9.95. The number of nitrogens with one attached hydrogen (secondary N) is 2. The van der Waals surface area contributed by atoms with Gasteiger partial charge in [0.1, 0.15) is 5.82 Å². The fourth-order valence-electron chi connectivity index (χ4n) is 2.83. The van der Waals surface area contributed by atoms with Crippen LogP contribution in [0, 0.1) is 0 Å². The molecule has 3 atom stereocenters. The van der Waals surface area contributed by atoms with Crippen LogP contribution in [0.4, 0.5) is 5.82 Å². The number of aromatic nitrogens is 2. The third-order valence-electron chi connectivity index (χ3n) is 3.88. The predicted molar refractivity (Wildman–Crippen MR) is 74.6 cm³/mol. The van der Waals surface area contributed by atoms with E-state index in [2.05, 4.69) is 27.8 Å². The molecule has 1 amide bonds. The molecule has 6 nitrogen and oxygen atoms in total. The molecule has 1 aromatic rings. The molecule has 20 heavy (non-hydrogen) atoms. The summed E-state index contributed by atoms with van der Waals surface area (Å²) in [4.78, 5) is 12.1. The maximum absolute atomic E-state index is 12.1. The minimum atomic E-state index is -0.166. The Kier molecular flexibility index (Phi) is 3.82. The van der Waals surface area contributed by atoms with Gasteiger partial charge in [0.05, 0.1) is 18.2 Å². The van der Waals surface area contributed by atoms with Crippen molar-refractivity contribution in [3.05, 3.63) is 17.8 Å². The molecule has 0 aliphatic carbocycles. The Hall–Kier alpha value is -1.69. The lowest BCUT2D eigenvalue weighted by Gasteiger charge is -2.19. The van der Waals surface area contributed by atoms with Gasteiger partial charge in [-0.15, -0.1) is 10.2 Å². The van der Waals surface area contributed by atoms with Crippen LogP contribution in [0.5, 0.6) is 0 Å². The fraction of sp³-hybridized carbons (Fsp3) is 0.643. The fourth-order valence-corrected chi connectivity index (χ4v) is 2.83. The molecule has 0 aromatic carbocycles. The number of rotatable bonds is 5. The molecule has 1 aromatic heterocycles. The Bertz CT molecular complexity index is 477. The maximum Gasteiger partial charge on any atom is 0.272 e. The van der Waals surface area contributed by atoms with Crippen molar-refractivity contribution in [3.8, 4) is 0 Å². The third kappa shape index (κ3) is 2.75. The van der Waals surface area contributed by atoms with E-state index in [0.29, 0.717) is 17.6 Å². The number of carbonyl (C=O) groups excluding carboxylic acids is 1. The van der Waals surface area contributed by atoms with Crippen LogP contribution in [0.2, 0.25) is 0 Å². The largest absolute Gasteiger partial charge is 0.373 e. The van der Waals surface area contributed by atoms with Crippen molar-refractivity contribution in [2.24, 2.45) is 0 Å². The average Bonchev–Trinajstić information content (AvgIpc) is 3.08. The highest BCUT2D eigenvalue weighted by Gasteiger charge is 2.41. The minimum Gasteiger partial charge on any atom is -0.373 e. The number of fused-ring (bicyclic) bond motifs is 2. The summed E-state index contributed by atoms with van der Waals surface area (Å²) in [6, 6.07) is 3.62. The summed E-state index contributed by atoms with van der Waals surface area (Å²) in [7, 11) is 0. The lowest BCUT2D eigenvalue weighted by molar-refractivity contribution is 0.0836. The number of carbonyl (C=O) groups is 1. The molecule has 2 aliphatic rings. The van der Waals surface area contributed by atoms with Gasteiger partial charge in [-0.3, -0.25) is 4.79 Å². The van der Waals surface area contributed by atoms with Crippen LogP contribution >= 0.6 is 0 Å². The van der Waals surface area contributed by atoms with Crippen molar-refractivity contribution in [2.45, 2.75) is 50.9 Å². The first kappa shape index (κ1) is 13.3. The van der Waals surface area contributed by atoms with Crippen LogP contribution in [-0.2, 0) is 4.74 Å². The van der Waals surface area contributed by atoms with Gasteiger partial charge in [-0.2, -0.15) is 0 Å². The topological polar surface area (TPSA) is 76.1 Å². The first-order chi connectivity index (χ1) is 9.76. The van der Waals surface area contributed by atoms with Crippen LogP contribution in [-0.4, -0.2) is 40.9 Å². The van der Waals surface area contributed by atoms with Crippen LogP contribution in [0.1, 0.15) is 43.1 Å². The number of hydrogen-bond donors (Lipinski definition) is 2. The molecule has 108 valence electrons. The monoisotopic (exact) mass is 276 g/mol. The van der Waals surface area contributed by atoms with Crippen LogP contribution in [0.25, 0.3) is 0 Å². The predicted octanol–water partition coefficient (Wildman–Crippen LogP) is 1.35. The molecule has 2 aliphatic heterocycles. The number of nitrogens with zero attached hydrogens (tertiary/aromatic N) is 2. The number of amides is 1. The second kappa shape index (κ2) is 5.75. The van der Waals surface area contributed by atoms with Crippen molar-refractivity contribution in [1.29, 1.82) is 0 Å². The van der Waals surface area contributed by atoms with E-state index in [1.165, 1.54) is 0 Å². The lowest BCUT2D eigenvalue weighted by Crippen LogP contribution is -2.41. The molecule has 0 radical (unpaired) electrons. The van der Waals surface area contributed by atoms with Crippen molar-refractivity contribution < 1.29 is 9.53 Å². The van der Waals surface area contributed by atoms with Gasteiger partial charge >= 0.3 is 0 Å². The molecule has 0 saturated carbocycles. The first-order valence-corrected chi connectivity index (χ1v) is 7.30. The SMILES string of the molecule is CCCNc1ccc(C(=O)NC2CC3CCC2O3)nn1. The average molecular weight is 276 g/mol. The highest BCUT2D eigenvalue weighted by molar-refractivity contribution is 5.92. The number of hydrogen-bond acceptors (Lipinski definition) is 5. The molecule has 6 heteroatoms. The normalized spacial score (nSPS) is 27.6. The quantitative estimate of drug-likeness (QED) is 0.849. The molecule has 2 N–H and O–H groups in total. The Morgan fingerprint density at radius 1 is 1.40 bits per heavy atom. The zero-order valence-electron chi connectivity index (χ0n) is 11.6. The van der Waals surface area contributed by atoms with Gasteiger partial charge in [0.25, 0.3) is 5.91 Å². The van der Waals surface area contributed by atoms with E-state index in [4.69, 9.17) is 4.74 Å². The zero-order chi connectivity index (χ0) is 13.9. The molecule has 0 spiro atoms. The Morgan fingerprint density at radius 3 is 2.90 bits per heavy atom. The van der Waals surface area contributed by atoms with Gasteiger partial charge in [0.15, 0.2) is 5.69 Å². The molecule has 2 fully saturated rings. The van der Waals surface area contributed by atoms with Gasteiger partial charge in [-0.05, 0) is 37.8 Å². The zero-order valence-corrected chi connectivity index (χ0v) is 11.6. The molecule has 2 saturated heterocycles. The third-order valence-corrected chi connectivity index (χ3v) is 3.88. The van der Waals surface area contributed by atoms with Crippen molar-refractivity contribution in [2.75, 3.05) is 11.9 Å². The summed E-state index contributed by atoms with van der Waals surface area (Å²) in [5, 5.41) is 14.1. The Labute approximate surface area is 118 Å². The number of anilines is 1. The Morgan fingerprint density at radius 2 is 2.30 bits per heavy atom.